The maximum absolute atomic E-state index is 12.9. The maximum atomic E-state index is 12.9. The van der Waals surface area contributed by atoms with Crippen LogP contribution in [-0.4, -0.2) is 19.2 Å². The number of alkyl halides is 3. The fourth-order valence-corrected chi connectivity index (χ4v) is 1.86. The van der Waals surface area contributed by atoms with Gasteiger partial charge in [-0.05, 0) is 24.1 Å². The zero-order valence-corrected chi connectivity index (χ0v) is 12.3. The Balaban J connectivity index is 2.84. The molecule has 114 valence electrons. The van der Waals surface area contributed by atoms with Crippen LogP contribution in [0.5, 0.6) is 5.75 Å². The average Bonchev–Trinajstić information content (AvgIpc) is 2.32. The first-order valence-corrected chi connectivity index (χ1v) is 6.68. The molecule has 0 saturated carbocycles. The SMILES string of the molecule is CCNC(COc1ccccc1C(F)(F)F)C(C)(C)C. The molecule has 5 heteroatoms. The molecule has 0 fully saturated rings. The van der Waals surface area contributed by atoms with E-state index in [0.717, 1.165) is 12.6 Å². The van der Waals surface area contributed by atoms with Gasteiger partial charge in [-0.1, -0.05) is 39.8 Å². The summed E-state index contributed by atoms with van der Waals surface area (Å²) in [6.45, 7) is 8.98. The predicted octanol–water partition coefficient (Wildman–Crippen LogP) is 4.11. The van der Waals surface area contributed by atoms with Gasteiger partial charge in [0, 0.05) is 6.04 Å². The minimum atomic E-state index is -4.40. The quantitative estimate of drug-likeness (QED) is 0.881. The van der Waals surface area contributed by atoms with Crippen molar-refractivity contribution in [1.29, 1.82) is 0 Å². The molecule has 0 aliphatic rings. The summed E-state index contributed by atoms with van der Waals surface area (Å²) >= 11 is 0. The van der Waals surface area contributed by atoms with Crippen molar-refractivity contribution < 1.29 is 17.9 Å². The number of para-hydroxylation sites is 1. The summed E-state index contributed by atoms with van der Waals surface area (Å²) in [5.74, 6) is -0.118. The third kappa shape index (κ3) is 4.71. The molecule has 0 bridgehead atoms. The summed E-state index contributed by atoms with van der Waals surface area (Å²) in [7, 11) is 0. The van der Waals surface area contributed by atoms with E-state index in [9.17, 15) is 13.2 Å². The van der Waals surface area contributed by atoms with Gasteiger partial charge in [-0.25, -0.2) is 0 Å². The van der Waals surface area contributed by atoms with E-state index in [4.69, 9.17) is 4.74 Å². The van der Waals surface area contributed by atoms with Crippen LogP contribution in [0.15, 0.2) is 24.3 Å². The Kier molecular flexibility index (Phi) is 5.45. The first-order chi connectivity index (χ1) is 9.16. The summed E-state index contributed by atoms with van der Waals surface area (Å²) in [4.78, 5) is 0. The van der Waals surface area contributed by atoms with Crippen LogP contribution in [-0.2, 0) is 6.18 Å². The van der Waals surface area contributed by atoms with Gasteiger partial charge in [0.1, 0.15) is 12.4 Å². The second kappa shape index (κ2) is 6.48. The van der Waals surface area contributed by atoms with Gasteiger partial charge in [0.25, 0.3) is 0 Å². The fraction of sp³-hybridized carbons (Fsp3) is 0.600. The summed E-state index contributed by atoms with van der Waals surface area (Å²) < 4.78 is 44.0. The molecule has 1 aromatic rings. The molecule has 0 aromatic heterocycles. The van der Waals surface area contributed by atoms with Crippen LogP contribution in [0.3, 0.4) is 0 Å². The molecule has 0 radical (unpaired) electrons. The van der Waals surface area contributed by atoms with Crippen molar-refractivity contribution >= 4 is 0 Å². The molecule has 1 atom stereocenters. The van der Waals surface area contributed by atoms with Crippen LogP contribution < -0.4 is 10.1 Å². The number of hydrogen-bond acceptors (Lipinski definition) is 2. The van der Waals surface area contributed by atoms with Crippen molar-refractivity contribution in [3.8, 4) is 5.75 Å². The Morgan fingerprint density at radius 2 is 1.75 bits per heavy atom. The van der Waals surface area contributed by atoms with Crippen LogP contribution >= 0.6 is 0 Å². The summed E-state index contributed by atoms with van der Waals surface area (Å²) in [5, 5.41) is 3.24. The van der Waals surface area contributed by atoms with Crippen molar-refractivity contribution in [2.45, 2.75) is 39.9 Å². The van der Waals surface area contributed by atoms with Crippen LogP contribution in [0, 0.1) is 5.41 Å². The molecule has 0 heterocycles. The fourth-order valence-electron chi connectivity index (χ4n) is 1.86. The number of hydrogen-bond donors (Lipinski definition) is 1. The topological polar surface area (TPSA) is 21.3 Å². The highest BCUT2D eigenvalue weighted by Crippen LogP contribution is 2.36. The number of likely N-dealkylation sites (N-methyl/N-ethyl adjacent to an activating group) is 1. The van der Waals surface area contributed by atoms with Gasteiger partial charge in [-0.2, -0.15) is 13.2 Å². The van der Waals surface area contributed by atoms with Crippen LogP contribution in [0.25, 0.3) is 0 Å². The molecule has 1 N–H and O–H groups in total. The summed E-state index contributed by atoms with van der Waals surface area (Å²) in [6.07, 6.45) is -4.40. The molecule has 0 spiro atoms. The van der Waals surface area contributed by atoms with Gasteiger partial charge in [-0.15, -0.1) is 0 Å². The Labute approximate surface area is 118 Å². The van der Waals surface area contributed by atoms with E-state index in [0.29, 0.717) is 0 Å². The van der Waals surface area contributed by atoms with Crippen LogP contribution in [0.1, 0.15) is 33.3 Å². The first-order valence-electron chi connectivity index (χ1n) is 6.68. The van der Waals surface area contributed by atoms with Crippen molar-refractivity contribution in [1.82, 2.24) is 5.32 Å². The second-order valence-corrected chi connectivity index (χ2v) is 5.78. The van der Waals surface area contributed by atoms with E-state index >= 15 is 0 Å². The monoisotopic (exact) mass is 289 g/mol. The molecule has 1 unspecified atom stereocenters. The number of nitrogens with one attached hydrogen (secondary N) is 1. The van der Waals surface area contributed by atoms with E-state index in [1.54, 1.807) is 6.07 Å². The minimum absolute atomic E-state index is 0.0196. The van der Waals surface area contributed by atoms with Crippen molar-refractivity contribution in [2.24, 2.45) is 5.41 Å². The molecular weight excluding hydrogens is 267 g/mol. The Morgan fingerprint density at radius 3 is 2.25 bits per heavy atom. The zero-order chi connectivity index (χ0) is 15.4. The molecule has 2 nitrogen and oxygen atoms in total. The lowest BCUT2D eigenvalue weighted by Crippen LogP contribution is -2.44. The zero-order valence-electron chi connectivity index (χ0n) is 12.3. The summed E-state index contributed by atoms with van der Waals surface area (Å²) in [6, 6.07) is 5.28. The van der Waals surface area contributed by atoms with E-state index in [2.05, 4.69) is 5.32 Å². The maximum Gasteiger partial charge on any atom is 0.419 e. The van der Waals surface area contributed by atoms with Crippen LogP contribution in [0.2, 0.25) is 0 Å². The Bertz CT molecular complexity index is 424. The number of halogens is 3. The van der Waals surface area contributed by atoms with Gasteiger partial charge in [0.05, 0.1) is 5.56 Å². The molecule has 0 aliphatic carbocycles. The lowest BCUT2D eigenvalue weighted by molar-refractivity contribution is -0.139. The van der Waals surface area contributed by atoms with Gasteiger partial charge >= 0.3 is 6.18 Å². The summed E-state index contributed by atoms with van der Waals surface area (Å²) in [5.41, 5.74) is -0.826. The van der Waals surface area contributed by atoms with Gasteiger partial charge in [0.2, 0.25) is 0 Å². The highest BCUT2D eigenvalue weighted by Gasteiger charge is 2.34. The Hall–Kier alpha value is -1.23. The highest BCUT2D eigenvalue weighted by atomic mass is 19.4. The van der Waals surface area contributed by atoms with Gasteiger partial charge in [-0.3, -0.25) is 0 Å². The number of benzene rings is 1. The third-order valence-corrected chi connectivity index (χ3v) is 3.09. The molecule has 20 heavy (non-hydrogen) atoms. The molecule has 0 saturated heterocycles. The van der Waals surface area contributed by atoms with Crippen LogP contribution in [0.4, 0.5) is 13.2 Å². The number of ether oxygens (including phenoxy) is 1. The molecule has 1 aromatic carbocycles. The van der Waals surface area contributed by atoms with Gasteiger partial charge < -0.3 is 10.1 Å². The largest absolute Gasteiger partial charge is 0.491 e. The predicted molar refractivity (Wildman–Crippen MR) is 73.9 cm³/mol. The van der Waals surface area contributed by atoms with E-state index < -0.39 is 11.7 Å². The van der Waals surface area contributed by atoms with Crippen molar-refractivity contribution in [2.75, 3.05) is 13.2 Å². The first kappa shape index (κ1) is 16.8. The third-order valence-electron chi connectivity index (χ3n) is 3.09. The average molecular weight is 289 g/mol. The van der Waals surface area contributed by atoms with Crippen molar-refractivity contribution in [3.63, 3.8) is 0 Å². The molecule has 0 amide bonds. The Morgan fingerprint density at radius 1 is 1.15 bits per heavy atom. The van der Waals surface area contributed by atoms with Crippen molar-refractivity contribution in [3.05, 3.63) is 29.8 Å². The van der Waals surface area contributed by atoms with E-state index in [-0.39, 0.29) is 23.8 Å². The standard InChI is InChI=1S/C15H22F3NO/c1-5-19-13(14(2,3)4)10-20-12-9-7-6-8-11(12)15(16,17)18/h6-9,13,19H,5,10H2,1-4H3. The molecule has 1 rings (SSSR count). The highest BCUT2D eigenvalue weighted by molar-refractivity contribution is 5.35. The van der Waals surface area contributed by atoms with E-state index in [1.165, 1.54) is 12.1 Å². The lowest BCUT2D eigenvalue weighted by atomic mass is 9.87. The lowest BCUT2D eigenvalue weighted by Gasteiger charge is -2.31. The van der Waals surface area contributed by atoms with E-state index in [1.807, 2.05) is 27.7 Å². The molecule has 0 aliphatic heterocycles. The molecular formula is C15H22F3NO. The normalized spacial score (nSPS) is 14.2. The van der Waals surface area contributed by atoms with Gasteiger partial charge in [0.15, 0.2) is 0 Å². The minimum Gasteiger partial charge on any atom is -0.491 e. The smallest absolute Gasteiger partial charge is 0.419 e. The number of rotatable bonds is 5. The second-order valence-electron chi connectivity index (χ2n) is 5.78.